The lowest BCUT2D eigenvalue weighted by Gasteiger charge is -2.44. The number of carboxylic acid groups (broad SMARTS) is 1. The number of aromatic nitrogens is 3. The molecule has 2 saturated heterocycles. The fourth-order valence-electron chi connectivity index (χ4n) is 5.60. The van der Waals surface area contributed by atoms with Crippen molar-refractivity contribution in [1.82, 2.24) is 20.3 Å². The van der Waals surface area contributed by atoms with Crippen LogP contribution in [0.15, 0.2) is 30.5 Å². The van der Waals surface area contributed by atoms with Crippen LogP contribution in [0.25, 0.3) is 11.3 Å². The highest BCUT2D eigenvalue weighted by Gasteiger charge is 2.50. The van der Waals surface area contributed by atoms with Crippen molar-refractivity contribution in [3.63, 3.8) is 0 Å². The molecule has 0 radical (unpaired) electrons. The number of nitrogens with zero attached hydrogens (tertiary/aromatic N) is 3. The lowest BCUT2D eigenvalue weighted by atomic mass is 9.93. The summed E-state index contributed by atoms with van der Waals surface area (Å²) in [5.74, 6) is -2.00. The lowest BCUT2D eigenvalue weighted by Crippen LogP contribution is -2.63. The molecule has 2 aromatic rings. The van der Waals surface area contributed by atoms with Crippen molar-refractivity contribution >= 4 is 11.9 Å². The molecule has 10 unspecified atom stereocenters. The number of amides is 1. The Bertz CT molecular complexity index is 1420. The van der Waals surface area contributed by atoms with Crippen LogP contribution in [0.3, 0.4) is 0 Å². The molecule has 52 heavy (non-hydrogen) atoms. The monoisotopic (exact) mass is 752 g/mol. The average Bonchev–Trinajstić information content (AvgIpc) is 3.58. The van der Waals surface area contributed by atoms with Gasteiger partial charge in [-0.1, -0.05) is 17.3 Å². The van der Waals surface area contributed by atoms with E-state index in [4.69, 9.17) is 33.2 Å². The predicted molar refractivity (Wildman–Crippen MR) is 166 cm³/mol. The van der Waals surface area contributed by atoms with Crippen LogP contribution >= 0.6 is 0 Å². The van der Waals surface area contributed by atoms with Gasteiger partial charge in [0.1, 0.15) is 48.4 Å². The van der Waals surface area contributed by atoms with E-state index in [1.54, 1.807) is 6.20 Å². The average molecular weight is 753 g/mol. The molecule has 1 aromatic heterocycles. The summed E-state index contributed by atoms with van der Waals surface area (Å²) in [7, 11) is 2.41. The number of hydrogen-bond donors (Lipinski definition) is 6. The summed E-state index contributed by atoms with van der Waals surface area (Å²) in [5.41, 5.74) is 0.150. The normalized spacial score (nSPS) is 29.6. The van der Waals surface area contributed by atoms with E-state index < -0.39 is 91.4 Å². The smallest absolute Gasteiger partial charge is 0.416 e. The Morgan fingerprint density at radius 2 is 1.56 bits per heavy atom. The minimum atomic E-state index is -4.43. The van der Waals surface area contributed by atoms with Crippen molar-refractivity contribution < 1.29 is 81.5 Å². The Balaban J connectivity index is 1.13. The second-order valence-electron chi connectivity index (χ2n) is 11.9. The number of rotatable bonds is 18. The van der Waals surface area contributed by atoms with Crippen molar-refractivity contribution in [2.24, 2.45) is 0 Å². The van der Waals surface area contributed by atoms with Crippen LogP contribution in [0.4, 0.5) is 13.2 Å². The van der Waals surface area contributed by atoms with E-state index in [1.165, 1.54) is 23.9 Å². The molecule has 4 rings (SSSR count). The van der Waals surface area contributed by atoms with Gasteiger partial charge in [0.25, 0.3) is 0 Å². The molecule has 21 heteroatoms. The lowest BCUT2D eigenvalue weighted by molar-refractivity contribution is -0.302. The Labute approximate surface area is 295 Å². The highest BCUT2D eigenvalue weighted by Crippen LogP contribution is 2.31. The minimum absolute atomic E-state index is 0.119. The molecule has 2 aliphatic heterocycles. The molecule has 292 valence electrons. The molecule has 0 aliphatic carbocycles. The van der Waals surface area contributed by atoms with E-state index in [1.807, 2.05) is 0 Å². The van der Waals surface area contributed by atoms with Crippen LogP contribution in [-0.2, 0) is 55.5 Å². The first-order valence-electron chi connectivity index (χ1n) is 16.2. The van der Waals surface area contributed by atoms with E-state index in [2.05, 4.69) is 15.6 Å². The zero-order chi connectivity index (χ0) is 38.0. The number of benzene rings is 1. The summed E-state index contributed by atoms with van der Waals surface area (Å²) < 4.78 is 77.4. The van der Waals surface area contributed by atoms with E-state index >= 15 is 0 Å². The number of ether oxygens (including phenoxy) is 7. The van der Waals surface area contributed by atoms with Gasteiger partial charge in [-0.15, -0.1) is 5.10 Å². The van der Waals surface area contributed by atoms with Gasteiger partial charge in [0.05, 0.1) is 63.9 Å². The molecule has 1 amide bonds. The first-order valence-corrected chi connectivity index (χ1v) is 16.2. The van der Waals surface area contributed by atoms with Crippen molar-refractivity contribution in [2.45, 2.75) is 80.4 Å². The number of aliphatic carboxylic acids is 1. The maximum absolute atomic E-state index is 12.8. The highest BCUT2D eigenvalue weighted by atomic mass is 19.4. The van der Waals surface area contributed by atoms with Crippen molar-refractivity contribution in [1.29, 1.82) is 0 Å². The van der Waals surface area contributed by atoms with Gasteiger partial charge in [-0.3, -0.25) is 4.79 Å². The first-order chi connectivity index (χ1) is 24.7. The number of aliphatic hydroxyl groups excluding tert-OH is 4. The molecule has 2 fully saturated rings. The van der Waals surface area contributed by atoms with E-state index in [9.17, 15) is 48.3 Å². The number of aliphatic hydroxyl groups is 4. The Morgan fingerprint density at radius 3 is 2.19 bits per heavy atom. The van der Waals surface area contributed by atoms with Crippen molar-refractivity contribution in [3.8, 4) is 11.3 Å². The third-order valence-corrected chi connectivity index (χ3v) is 8.37. The van der Waals surface area contributed by atoms with Crippen molar-refractivity contribution in [3.05, 3.63) is 36.0 Å². The van der Waals surface area contributed by atoms with E-state index in [0.717, 1.165) is 19.2 Å². The Kier molecular flexibility index (Phi) is 15.2. The van der Waals surface area contributed by atoms with Crippen LogP contribution in [0, 0.1) is 0 Å². The number of carboxylic acids is 1. The summed E-state index contributed by atoms with van der Waals surface area (Å²) >= 11 is 0. The van der Waals surface area contributed by atoms with Crippen LogP contribution in [0.1, 0.15) is 12.0 Å². The molecule has 2 aliphatic rings. The number of methoxy groups -OCH3 is 2. The quantitative estimate of drug-likeness (QED) is 0.0957. The van der Waals surface area contributed by atoms with Crippen molar-refractivity contribution in [2.75, 3.05) is 53.8 Å². The third kappa shape index (κ3) is 10.9. The largest absolute Gasteiger partial charge is 0.479 e. The van der Waals surface area contributed by atoms with Gasteiger partial charge in [-0.05, 0) is 12.1 Å². The second kappa shape index (κ2) is 19.1. The summed E-state index contributed by atoms with van der Waals surface area (Å²) in [6, 6.07) is 4.60. The molecule has 6 N–H and O–H groups in total. The van der Waals surface area contributed by atoms with Crippen LogP contribution in [0.5, 0.6) is 0 Å². The molecular weight excluding hydrogens is 709 g/mol. The zero-order valence-electron chi connectivity index (χ0n) is 28.2. The third-order valence-electron chi connectivity index (χ3n) is 8.37. The standard InChI is InChI=1S/C31H43F3N4O14/c1-46-26-19(51-20(22(40)23(26)41)15-50-27-24(42)25(43)30(47-2)52-28(27)29(44)45)13-21(39)35-7-9-48-11-12-49-10-8-38-14-18(36-37-38)16-3-5-17(6-4-16)31(32,33)34/h3-6,14,19-20,22-28,30,40-43H,7-13,15H2,1-2H3,(H,35,39)(H,44,45). The molecular formula is C31H43F3N4O14. The molecule has 0 spiro atoms. The fraction of sp³-hybridized carbons (Fsp3) is 0.677. The second-order valence-corrected chi connectivity index (χ2v) is 11.9. The molecule has 0 saturated carbocycles. The van der Waals surface area contributed by atoms with Gasteiger partial charge >= 0.3 is 12.1 Å². The molecule has 10 atom stereocenters. The van der Waals surface area contributed by atoms with Crippen LogP contribution < -0.4 is 5.32 Å². The SMILES string of the molecule is COC1OC(C(=O)O)C(OCC2OC(CC(=O)NCCOCCOCCn3cc(-c4ccc(C(F)(F)F)cc4)nn3)C(OC)C(O)C2O)C(O)C1O. The van der Waals surface area contributed by atoms with E-state index in [0.29, 0.717) is 17.8 Å². The molecule has 1 aromatic carbocycles. The van der Waals surface area contributed by atoms with Crippen LogP contribution in [-0.4, -0.2) is 167 Å². The first kappa shape index (κ1) is 41.4. The maximum atomic E-state index is 12.8. The Morgan fingerprint density at radius 1 is 0.885 bits per heavy atom. The zero-order valence-corrected chi connectivity index (χ0v) is 28.2. The summed E-state index contributed by atoms with van der Waals surface area (Å²) in [5, 5.41) is 62.0. The number of hydrogen-bond acceptors (Lipinski definition) is 15. The molecule has 0 bridgehead atoms. The van der Waals surface area contributed by atoms with Gasteiger partial charge < -0.3 is 64.0 Å². The number of carbonyl (C=O) groups is 2. The number of halogens is 3. The maximum Gasteiger partial charge on any atom is 0.416 e. The van der Waals surface area contributed by atoms with Gasteiger partial charge in [0, 0.05) is 26.3 Å². The predicted octanol–water partition coefficient (Wildman–Crippen LogP) is -1.43. The molecule has 18 nitrogen and oxygen atoms in total. The number of carbonyl (C=O) groups excluding carboxylic acids is 1. The number of alkyl halides is 3. The Hall–Kier alpha value is -3.35. The highest BCUT2D eigenvalue weighted by molar-refractivity contribution is 5.76. The van der Waals surface area contributed by atoms with Gasteiger partial charge in [0.2, 0.25) is 5.91 Å². The summed E-state index contributed by atoms with van der Waals surface area (Å²) in [4.78, 5) is 24.4. The van der Waals surface area contributed by atoms with Gasteiger partial charge in [-0.25, -0.2) is 9.48 Å². The number of nitrogens with one attached hydrogen (secondary N) is 1. The minimum Gasteiger partial charge on any atom is -0.479 e. The van der Waals surface area contributed by atoms with Crippen LogP contribution in [0.2, 0.25) is 0 Å². The van der Waals surface area contributed by atoms with Gasteiger partial charge in [0.15, 0.2) is 12.4 Å². The summed E-state index contributed by atoms with van der Waals surface area (Å²) in [6.07, 6.45) is -17.9. The van der Waals surface area contributed by atoms with Gasteiger partial charge in [-0.2, -0.15) is 13.2 Å². The molecule has 3 heterocycles. The summed E-state index contributed by atoms with van der Waals surface area (Å²) in [6.45, 7) is 0.740. The fourth-order valence-corrected chi connectivity index (χ4v) is 5.60. The topological polar surface area (TPSA) is 243 Å². The van der Waals surface area contributed by atoms with E-state index in [-0.39, 0.29) is 39.4 Å².